The van der Waals surface area contributed by atoms with Crippen molar-refractivity contribution in [3.05, 3.63) is 18.3 Å². The maximum atomic E-state index is 12.0. The fourth-order valence-corrected chi connectivity index (χ4v) is 1.57. The van der Waals surface area contributed by atoms with Crippen molar-refractivity contribution in [1.29, 1.82) is 0 Å². The zero-order chi connectivity index (χ0) is 15.2. The minimum absolute atomic E-state index is 0.0490. The molecule has 1 atom stereocenters. The summed E-state index contributed by atoms with van der Waals surface area (Å²) in [4.78, 5) is 3.81. The van der Waals surface area contributed by atoms with Gasteiger partial charge in [-0.25, -0.2) is 4.98 Å². The average molecular weight is 291 g/mol. The molecule has 1 aromatic rings. The van der Waals surface area contributed by atoms with E-state index in [1.165, 1.54) is 12.3 Å². The minimum Gasteiger partial charge on any atom is -0.468 e. The van der Waals surface area contributed by atoms with Gasteiger partial charge in [-0.15, -0.1) is 0 Å². The highest BCUT2D eigenvalue weighted by Crippen LogP contribution is 2.18. The van der Waals surface area contributed by atoms with Crippen LogP contribution in [0.15, 0.2) is 18.3 Å². The first-order valence-corrected chi connectivity index (χ1v) is 6.41. The molecule has 0 aliphatic rings. The van der Waals surface area contributed by atoms with Crippen LogP contribution in [0, 0.1) is 11.8 Å². The van der Waals surface area contributed by atoms with Crippen molar-refractivity contribution in [3.8, 4) is 5.88 Å². The smallest absolute Gasteiger partial charge is 0.422 e. The van der Waals surface area contributed by atoms with E-state index in [1.807, 2.05) is 0 Å². The SMILES string of the molecule is CC(C)C(CN)CNc1ccc(OCC(F)(F)F)nc1. The van der Waals surface area contributed by atoms with Gasteiger partial charge in [0.2, 0.25) is 5.88 Å². The van der Waals surface area contributed by atoms with Crippen LogP contribution in [0.5, 0.6) is 5.88 Å². The molecule has 0 spiro atoms. The summed E-state index contributed by atoms with van der Waals surface area (Å²) >= 11 is 0. The van der Waals surface area contributed by atoms with E-state index in [9.17, 15) is 13.2 Å². The molecule has 1 aromatic heterocycles. The average Bonchev–Trinajstić information content (AvgIpc) is 2.37. The maximum Gasteiger partial charge on any atom is 0.422 e. The lowest BCUT2D eigenvalue weighted by atomic mass is 9.96. The highest BCUT2D eigenvalue weighted by molar-refractivity contribution is 5.42. The van der Waals surface area contributed by atoms with Crippen molar-refractivity contribution in [2.24, 2.45) is 17.6 Å². The van der Waals surface area contributed by atoms with Crippen LogP contribution < -0.4 is 15.8 Å². The number of pyridine rings is 1. The number of aromatic nitrogens is 1. The van der Waals surface area contributed by atoms with Crippen LogP contribution in [-0.4, -0.2) is 30.9 Å². The molecule has 0 saturated carbocycles. The zero-order valence-electron chi connectivity index (χ0n) is 11.6. The van der Waals surface area contributed by atoms with Crippen LogP contribution in [0.25, 0.3) is 0 Å². The summed E-state index contributed by atoms with van der Waals surface area (Å²) in [6.07, 6.45) is -2.91. The molecule has 20 heavy (non-hydrogen) atoms. The lowest BCUT2D eigenvalue weighted by Crippen LogP contribution is -2.27. The van der Waals surface area contributed by atoms with Gasteiger partial charge in [-0.1, -0.05) is 13.8 Å². The molecule has 0 fully saturated rings. The molecule has 0 aromatic carbocycles. The summed E-state index contributed by atoms with van der Waals surface area (Å²) in [5.41, 5.74) is 6.39. The van der Waals surface area contributed by atoms with Crippen molar-refractivity contribution >= 4 is 5.69 Å². The topological polar surface area (TPSA) is 60.2 Å². The molecule has 1 heterocycles. The Morgan fingerprint density at radius 2 is 2.05 bits per heavy atom. The van der Waals surface area contributed by atoms with Gasteiger partial charge in [0.25, 0.3) is 0 Å². The lowest BCUT2D eigenvalue weighted by Gasteiger charge is -2.19. The molecule has 7 heteroatoms. The molecular weight excluding hydrogens is 271 g/mol. The highest BCUT2D eigenvalue weighted by Gasteiger charge is 2.28. The first-order valence-electron chi connectivity index (χ1n) is 6.41. The number of alkyl halides is 3. The van der Waals surface area contributed by atoms with Crippen molar-refractivity contribution in [3.63, 3.8) is 0 Å². The number of rotatable bonds is 7. The van der Waals surface area contributed by atoms with Gasteiger partial charge in [-0.3, -0.25) is 0 Å². The second kappa shape index (κ2) is 7.33. The number of nitrogens with zero attached hydrogens (tertiary/aromatic N) is 1. The number of nitrogens with one attached hydrogen (secondary N) is 1. The summed E-state index contributed by atoms with van der Waals surface area (Å²) in [6, 6.07) is 3.04. The number of nitrogens with two attached hydrogens (primary N) is 1. The number of halogens is 3. The van der Waals surface area contributed by atoms with Crippen LogP contribution in [0.3, 0.4) is 0 Å². The van der Waals surface area contributed by atoms with E-state index in [0.29, 0.717) is 24.9 Å². The van der Waals surface area contributed by atoms with E-state index in [0.717, 1.165) is 5.69 Å². The molecule has 0 aliphatic heterocycles. The Morgan fingerprint density at radius 1 is 1.35 bits per heavy atom. The Balaban J connectivity index is 2.46. The Bertz CT molecular complexity index is 393. The van der Waals surface area contributed by atoms with Crippen LogP contribution in [0.1, 0.15) is 13.8 Å². The Hall–Kier alpha value is -1.50. The molecule has 0 bridgehead atoms. The summed E-state index contributed by atoms with van der Waals surface area (Å²) in [6.45, 7) is 4.11. The van der Waals surface area contributed by atoms with Gasteiger partial charge < -0.3 is 15.8 Å². The summed E-state index contributed by atoms with van der Waals surface area (Å²) < 4.78 is 40.4. The second-order valence-electron chi connectivity index (χ2n) is 4.91. The largest absolute Gasteiger partial charge is 0.468 e. The summed E-state index contributed by atoms with van der Waals surface area (Å²) in [5, 5.41) is 3.16. The summed E-state index contributed by atoms with van der Waals surface area (Å²) in [5.74, 6) is 0.734. The molecule has 1 rings (SSSR count). The van der Waals surface area contributed by atoms with Crippen molar-refractivity contribution in [2.75, 3.05) is 25.0 Å². The van der Waals surface area contributed by atoms with Gasteiger partial charge in [0.15, 0.2) is 6.61 Å². The van der Waals surface area contributed by atoms with E-state index in [4.69, 9.17) is 5.73 Å². The van der Waals surface area contributed by atoms with Gasteiger partial charge in [0.05, 0.1) is 11.9 Å². The molecule has 114 valence electrons. The molecule has 0 saturated heterocycles. The molecule has 1 unspecified atom stereocenters. The van der Waals surface area contributed by atoms with Gasteiger partial charge in [0.1, 0.15) is 0 Å². The van der Waals surface area contributed by atoms with Crippen LogP contribution in [0.2, 0.25) is 0 Å². The number of hydrogen-bond donors (Lipinski definition) is 2. The monoisotopic (exact) mass is 291 g/mol. The van der Waals surface area contributed by atoms with Crippen LogP contribution in [0.4, 0.5) is 18.9 Å². The van der Waals surface area contributed by atoms with Gasteiger partial charge in [-0.2, -0.15) is 13.2 Å². The third-order valence-corrected chi connectivity index (χ3v) is 2.93. The molecule has 0 radical (unpaired) electrons. The highest BCUT2D eigenvalue weighted by atomic mass is 19.4. The minimum atomic E-state index is -4.36. The first-order chi connectivity index (χ1) is 9.31. The van der Waals surface area contributed by atoms with Gasteiger partial charge in [0, 0.05) is 12.6 Å². The van der Waals surface area contributed by atoms with Gasteiger partial charge in [-0.05, 0) is 24.4 Å². The fraction of sp³-hybridized carbons (Fsp3) is 0.615. The Kier molecular flexibility index (Phi) is 6.06. The van der Waals surface area contributed by atoms with E-state index >= 15 is 0 Å². The fourth-order valence-electron chi connectivity index (χ4n) is 1.57. The second-order valence-corrected chi connectivity index (χ2v) is 4.91. The predicted molar refractivity (Wildman–Crippen MR) is 71.7 cm³/mol. The number of hydrogen-bond acceptors (Lipinski definition) is 4. The quantitative estimate of drug-likeness (QED) is 0.811. The normalized spacial score (nSPS) is 13.3. The Morgan fingerprint density at radius 3 is 2.50 bits per heavy atom. The van der Waals surface area contributed by atoms with Crippen molar-refractivity contribution < 1.29 is 17.9 Å². The van der Waals surface area contributed by atoms with Crippen LogP contribution >= 0.6 is 0 Å². The third kappa shape index (κ3) is 6.10. The molecule has 4 nitrogen and oxygen atoms in total. The van der Waals surface area contributed by atoms with E-state index in [-0.39, 0.29) is 5.88 Å². The van der Waals surface area contributed by atoms with E-state index < -0.39 is 12.8 Å². The molecule has 3 N–H and O–H groups in total. The molecule has 0 amide bonds. The van der Waals surface area contributed by atoms with Crippen molar-refractivity contribution in [2.45, 2.75) is 20.0 Å². The number of ether oxygens (including phenoxy) is 1. The van der Waals surface area contributed by atoms with Crippen molar-refractivity contribution in [1.82, 2.24) is 4.98 Å². The van der Waals surface area contributed by atoms with Crippen LogP contribution in [-0.2, 0) is 0 Å². The molecular formula is C13H20F3N3O. The number of anilines is 1. The van der Waals surface area contributed by atoms with E-state index in [1.54, 1.807) is 6.07 Å². The third-order valence-electron chi connectivity index (χ3n) is 2.93. The first kappa shape index (κ1) is 16.6. The Labute approximate surface area is 116 Å². The van der Waals surface area contributed by atoms with Gasteiger partial charge >= 0.3 is 6.18 Å². The zero-order valence-corrected chi connectivity index (χ0v) is 11.6. The maximum absolute atomic E-state index is 12.0. The molecule has 0 aliphatic carbocycles. The lowest BCUT2D eigenvalue weighted by molar-refractivity contribution is -0.154. The summed E-state index contributed by atoms with van der Waals surface area (Å²) in [7, 11) is 0. The predicted octanol–water partition coefficient (Wildman–Crippen LogP) is 2.67. The standard InChI is InChI=1S/C13H20F3N3O/c1-9(2)10(5-17)6-18-11-3-4-12(19-7-11)20-8-13(14,15)16/h3-4,7,9-10,18H,5-6,8,17H2,1-2H3. The van der Waals surface area contributed by atoms with E-state index in [2.05, 4.69) is 28.9 Å².